The molecule has 0 unspecified atom stereocenters. The molecule has 0 radical (unpaired) electrons. The molecule has 28 heavy (non-hydrogen) atoms. The molecule has 0 saturated heterocycles. The second-order valence-electron chi connectivity index (χ2n) is 7.95. The van der Waals surface area contributed by atoms with Gasteiger partial charge in [0.05, 0.1) is 6.54 Å². The van der Waals surface area contributed by atoms with E-state index in [0.29, 0.717) is 12.6 Å². The fourth-order valence-corrected chi connectivity index (χ4v) is 3.97. The van der Waals surface area contributed by atoms with E-state index >= 15 is 0 Å². The summed E-state index contributed by atoms with van der Waals surface area (Å²) < 4.78 is 0. The first-order chi connectivity index (χ1) is 13.8. The van der Waals surface area contributed by atoms with Crippen molar-refractivity contribution in [3.63, 3.8) is 0 Å². The second kappa shape index (κ2) is 9.16. The maximum atomic E-state index is 4.86. The van der Waals surface area contributed by atoms with E-state index in [2.05, 4.69) is 60.8 Å². The Kier molecular flexibility index (Phi) is 6.17. The molecule has 0 atom stereocenters. The molecule has 0 amide bonds. The van der Waals surface area contributed by atoms with Gasteiger partial charge in [-0.25, -0.2) is 0 Å². The summed E-state index contributed by atoms with van der Waals surface area (Å²) in [6.07, 6.45) is 7.98. The fraction of sp³-hybridized carbons (Fsp3) is 0.417. The lowest BCUT2D eigenvalue weighted by molar-refractivity contribution is 0.453. The first kappa shape index (κ1) is 18.9. The second-order valence-corrected chi connectivity index (χ2v) is 7.95. The van der Waals surface area contributed by atoms with Crippen LogP contribution in [0.5, 0.6) is 0 Å². The Morgan fingerprint density at radius 2 is 1.61 bits per heavy atom. The van der Waals surface area contributed by atoms with Crippen molar-refractivity contribution < 1.29 is 0 Å². The van der Waals surface area contributed by atoms with Gasteiger partial charge < -0.3 is 5.32 Å². The van der Waals surface area contributed by atoms with Gasteiger partial charge in [0.15, 0.2) is 0 Å². The van der Waals surface area contributed by atoms with Crippen molar-refractivity contribution in [1.82, 2.24) is 20.3 Å². The molecule has 4 rings (SSSR count). The highest BCUT2D eigenvalue weighted by molar-refractivity contribution is 5.60. The minimum absolute atomic E-state index is 0.605. The van der Waals surface area contributed by atoms with Gasteiger partial charge in [-0.05, 0) is 25.3 Å². The van der Waals surface area contributed by atoms with Crippen LogP contribution < -0.4 is 5.32 Å². The number of benzene rings is 2. The van der Waals surface area contributed by atoms with Crippen molar-refractivity contribution >= 4 is 0 Å². The van der Waals surface area contributed by atoms with E-state index in [1.54, 1.807) is 0 Å². The molecule has 1 fully saturated rings. The molecule has 3 aromatic rings. The summed E-state index contributed by atoms with van der Waals surface area (Å²) in [5.41, 5.74) is 5.67. The lowest BCUT2D eigenvalue weighted by Gasteiger charge is -2.15. The van der Waals surface area contributed by atoms with Crippen LogP contribution in [0.25, 0.3) is 11.3 Å². The maximum Gasteiger partial charge on any atom is 0.117 e. The molecular formula is C24H30N4. The zero-order valence-corrected chi connectivity index (χ0v) is 16.8. The molecule has 1 heterocycles. The Bertz CT molecular complexity index is 859. The number of aromatic nitrogens is 3. The maximum absolute atomic E-state index is 4.86. The minimum Gasteiger partial charge on any atom is -0.308 e. The number of rotatable bonds is 6. The Labute approximate surface area is 168 Å². The van der Waals surface area contributed by atoms with E-state index in [1.165, 1.54) is 49.7 Å². The van der Waals surface area contributed by atoms with Gasteiger partial charge in [-0.15, -0.1) is 0 Å². The third kappa shape index (κ3) is 4.87. The van der Waals surface area contributed by atoms with E-state index in [0.717, 1.165) is 23.5 Å². The van der Waals surface area contributed by atoms with Crippen LogP contribution in [0.15, 0.2) is 54.6 Å². The number of nitrogens with zero attached hydrogens (tertiary/aromatic N) is 3. The summed E-state index contributed by atoms with van der Waals surface area (Å²) in [6.45, 7) is 3.59. The molecule has 1 saturated carbocycles. The molecule has 2 aromatic carbocycles. The molecule has 4 heteroatoms. The van der Waals surface area contributed by atoms with Crippen molar-refractivity contribution in [3.05, 3.63) is 71.4 Å². The van der Waals surface area contributed by atoms with E-state index in [4.69, 9.17) is 10.2 Å². The van der Waals surface area contributed by atoms with Crippen LogP contribution in [0.4, 0.5) is 0 Å². The average molecular weight is 375 g/mol. The first-order valence-corrected chi connectivity index (χ1v) is 10.6. The van der Waals surface area contributed by atoms with E-state index < -0.39 is 0 Å². The van der Waals surface area contributed by atoms with Gasteiger partial charge in [-0.3, -0.25) is 0 Å². The number of aryl methyl sites for hydroxylation is 1. The van der Waals surface area contributed by atoms with Gasteiger partial charge in [-0.2, -0.15) is 15.0 Å². The minimum atomic E-state index is 0.605. The predicted molar refractivity (Wildman–Crippen MR) is 114 cm³/mol. The monoisotopic (exact) mass is 374 g/mol. The van der Waals surface area contributed by atoms with Gasteiger partial charge in [0, 0.05) is 18.2 Å². The van der Waals surface area contributed by atoms with Gasteiger partial charge in [0.1, 0.15) is 11.4 Å². The number of nitrogens with one attached hydrogen (secondary N) is 1. The smallest absolute Gasteiger partial charge is 0.117 e. The van der Waals surface area contributed by atoms with Crippen molar-refractivity contribution in [3.8, 4) is 11.3 Å². The number of hydrogen-bond acceptors (Lipinski definition) is 3. The first-order valence-electron chi connectivity index (χ1n) is 10.6. The molecule has 1 aliphatic rings. The molecule has 146 valence electrons. The zero-order chi connectivity index (χ0) is 19.2. The molecular weight excluding hydrogens is 344 g/mol. The SMILES string of the molecule is Cc1ccc(Cn2nc(CNC3CCCCCC3)c(-c3ccccc3)n2)cc1. The topological polar surface area (TPSA) is 42.7 Å². The van der Waals surface area contributed by atoms with Crippen LogP contribution in [0.1, 0.15) is 55.3 Å². The highest BCUT2D eigenvalue weighted by Crippen LogP contribution is 2.22. The Hall–Kier alpha value is -2.46. The Balaban J connectivity index is 1.54. The fourth-order valence-electron chi connectivity index (χ4n) is 3.97. The molecule has 1 N–H and O–H groups in total. The number of hydrogen-bond donors (Lipinski definition) is 1. The van der Waals surface area contributed by atoms with Crippen molar-refractivity contribution in [2.24, 2.45) is 0 Å². The summed E-state index contributed by atoms with van der Waals surface area (Å²) >= 11 is 0. The summed E-state index contributed by atoms with van der Waals surface area (Å²) in [6, 6.07) is 19.6. The van der Waals surface area contributed by atoms with Gasteiger partial charge in [0.2, 0.25) is 0 Å². The van der Waals surface area contributed by atoms with E-state index in [-0.39, 0.29) is 0 Å². The quantitative estimate of drug-likeness (QED) is 0.609. The largest absolute Gasteiger partial charge is 0.308 e. The van der Waals surface area contributed by atoms with Crippen LogP contribution in [-0.2, 0) is 13.1 Å². The molecule has 0 aliphatic heterocycles. The lowest BCUT2D eigenvalue weighted by atomic mass is 10.1. The Morgan fingerprint density at radius 3 is 2.32 bits per heavy atom. The molecule has 1 aliphatic carbocycles. The van der Waals surface area contributed by atoms with E-state index in [1.807, 2.05) is 10.9 Å². The molecule has 0 spiro atoms. The lowest BCUT2D eigenvalue weighted by Crippen LogP contribution is -2.28. The van der Waals surface area contributed by atoms with Crippen LogP contribution in [-0.4, -0.2) is 21.0 Å². The summed E-state index contributed by atoms with van der Waals surface area (Å²) in [4.78, 5) is 1.84. The van der Waals surface area contributed by atoms with Gasteiger partial charge in [0.25, 0.3) is 0 Å². The van der Waals surface area contributed by atoms with Crippen LogP contribution in [0.2, 0.25) is 0 Å². The van der Waals surface area contributed by atoms with Gasteiger partial charge >= 0.3 is 0 Å². The van der Waals surface area contributed by atoms with Gasteiger partial charge in [-0.1, -0.05) is 85.8 Å². The van der Waals surface area contributed by atoms with Crippen molar-refractivity contribution in [2.45, 2.75) is 64.6 Å². The third-order valence-electron chi connectivity index (χ3n) is 5.63. The third-order valence-corrected chi connectivity index (χ3v) is 5.63. The molecule has 1 aromatic heterocycles. The van der Waals surface area contributed by atoms with Crippen LogP contribution >= 0.6 is 0 Å². The van der Waals surface area contributed by atoms with Crippen LogP contribution in [0.3, 0.4) is 0 Å². The highest BCUT2D eigenvalue weighted by atomic mass is 15.5. The Morgan fingerprint density at radius 1 is 0.893 bits per heavy atom. The summed E-state index contributed by atoms with van der Waals surface area (Å²) in [7, 11) is 0. The predicted octanol–water partition coefficient (Wildman–Crippen LogP) is 5.11. The van der Waals surface area contributed by atoms with Crippen molar-refractivity contribution in [1.29, 1.82) is 0 Å². The summed E-state index contributed by atoms with van der Waals surface area (Å²) in [5.74, 6) is 0. The highest BCUT2D eigenvalue weighted by Gasteiger charge is 2.16. The van der Waals surface area contributed by atoms with Crippen LogP contribution in [0, 0.1) is 6.92 Å². The van der Waals surface area contributed by atoms with E-state index in [9.17, 15) is 0 Å². The molecule has 0 bridgehead atoms. The normalized spacial score (nSPS) is 15.5. The summed E-state index contributed by atoms with van der Waals surface area (Å²) in [5, 5.41) is 13.5. The van der Waals surface area contributed by atoms with Crippen molar-refractivity contribution in [2.75, 3.05) is 0 Å². The standard InChI is InChI=1S/C24H30N4/c1-19-13-15-20(16-14-19)18-28-26-23(17-25-22-11-7-2-3-8-12-22)24(27-28)21-9-5-4-6-10-21/h4-6,9-10,13-16,22,25H,2-3,7-8,11-12,17-18H2,1H3. The molecule has 4 nitrogen and oxygen atoms in total. The zero-order valence-electron chi connectivity index (χ0n) is 16.8. The average Bonchev–Trinajstić information content (AvgIpc) is 2.94.